The molecule has 1 amide bonds. The summed E-state index contributed by atoms with van der Waals surface area (Å²) in [7, 11) is 0. The summed E-state index contributed by atoms with van der Waals surface area (Å²) in [5.41, 5.74) is 0. The second kappa shape index (κ2) is 21.5. The number of amides is 1. The Hall–Kier alpha value is -1.59. The lowest BCUT2D eigenvalue weighted by molar-refractivity contribution is -0.190. The maximum absolute atomic E-state index is 12.9. The van der Waals surface area contributed by atoms with Gasteiger partial charge >= 0.3 is 11.9 Å². The van der Waals surface area contributed by atoms with Crippen molar-refractivity contribution in [1.82, 2.24) is 5.32 Å². The van der Waals surface area contributed by atoms with E-state index in [0.29, 0.717) is 19.3 Å². The lowest BCUT2D eigenvalue weighted by Crippen LogP contribution is -2.48. The van der Waals surface area contributed by atoms with Gasteiger partial charge in [-0.3, -0.25) is 9.59 Å². The van der Waals surface area contributed by atoms with Crippen LogP contribution in [0.5, 0.6) is 0 Å². The van der Waals surface area contributed by atoms with Gasteiger partial charge in [0.1, 0.15) is 18.2 Å². The van der Waals surface area contributed by atoms with Crippen molar-refractivity contribution in [3.05, 3.63) is 0 Å². The van der Waals surface area contributed by atoms with Gasteiger partial charge in [-0.25, -0.2) is 4.79 Å². The number of hydrogen-bond donors (Lipinski definition) is 1. The Morgan fingerprint density at radius 1 is 0.944 bits per heavy atom. The molecule has 0 aliphatic carbocycles. The monoisotopic (exact) mass is 511 g/mol. The van der Waals surface area contributed by atoms with Crippen LogP contribution in [0.3, 0.4) is 0 Å². The van der Waals surface area contributed by atoms with Gasteiger partial charge in [-0.1, -0.05) is 112 Å². The lowest BCUT2D eigenvalue weighted by Gasteiger charge is -2.37. The second-order valence-corrected chi connectivity index (χ2v) is 10.8. The van der Waals surface area contributed by atoms with E-state index < -0.39 is 6.04 Å². The van der Waals surface area contributed by atoms with Crippen molar-refractivity contribution in [3.8, 4) is 0 Å². The smallest absolute Gasteiger partial charge is 0.328 e. The molecule has 1 N–H and O–H groups in total. The minimum Gasteiger partial charge on any atom is -0.461 e. The number of carbonyl (C=O) groups excluding carboxylic acids is 3. The number of rotatable bonds is 23. The van der Waals surface area contributed by atoms with E-state index >= 15 is 0 Å². The van der Waals surface area contributed by atoms with Crippen LogP contribution in [0.2, 0.25) is 0 Å². The van der Waals surface area contributed by atoms with Crippen molar-refractivity contribution >= 4 is 18.3 Å². The fourth-order valence-corrected chi connectivity index (χ4v) is 4.90. The van der Waals surface area contributed by atoms with E-state index in [1.54, 1.807) is 0 Å². The number of nitrogens with one attached hydrogen (secondary N) is 1. The molecule has 212 valence electrons. The highest BCUT2D eigenvalue weighted by Gasteiger charge is 2.43. The normalized spacial score (nSPS) is 18.5. The molecule has 1 fully saturated rings. The summed E-state index contributed by atoms with van der Waals surface area (Å²) in [6.07, 6.45) is 18.5. The van der Waals surface area contributed by atoms with E-state index in [0.717, 1.165) is 38.5 Å². The average Bonchev–Trinajstić information content (AvgIpc) is 2.81. The molecule has 0 aromatic rings. The van der Waals surface area contributed by atoms with Gasteiger partial charge in [0, 0.05) is 6.42 Å². The molecule has 6 heteroatoms. The van der Waals surface area contributed by atoms with Crippen molar-refractivity contribution in [3.63, 3.8) is 0 Å². The van der Waals surface area contributed by atoms with Crippen LogP contribution >= 0.6 is 0 Å². The van der Waals surface area contributed by atoms with Crippen molar-refractivity contribution < 1.29 is 23.9 Å². The molecular weight excluding hydrogens is 454 g/mol. The fourth-order valence-electron chi connectivity index (χ4n) is 4.90. The number of carbonyl (C=O) groups is 3. The summed E-state index contributed by atoms with van der Waals surface area (Å²) in [5, 5.41) is 2.62. The van der Waals surface area contributed by atoms with Crippen molar-refractivity contribution in [1.29, 1.82) is 0 Å². The van der Waals surface area contributed by atoms with E-state index in [1.807, 2.05) is 13.8 Å². The molecular formula is C30H57NO5. The Morgan fingerprint density at radius 2 is 1.50 bits per heavy atom. The third kappa shape index (κ3) is 14.8. The predicted molar refractivity (Wildman–Crippen MR) is 148 cm³/mol. The predicted octanol–water partition coefficient (Wildman–Crippen LogP) is 7.52. The number of unbranched alkanes of at least 4 members (excludes halogenated alkanes) is 11. The van der Waals surface area contributed by atoms with Gasteiger partial charge in [0.25, 0.3) is 0 Å². The third-order valence-corrected chi connectivity index (χ3v) is 7.06. The van der Waals surface area contributed by atoms with Gasteiger partial charge in [0.2, 0.25) is 6.41 Å². The summed E-state index contributed by atoms with van der Waals surface area (Å²) in [6.45, 7) is 8.45. The lowest BCUT2D eigenvalue weighted by atomic mass is 9.86. The van der Waals surface area contributed by atoms with Crippen molar-refractivity contribution in [2.24, 2.45) is 11.8 Å². The van der Waals surface area contributed by atoms with E-state index in [9.17, 15) is 14.4 Å². The Kier molecular flexibility index (Phi) is 20.5. The van der Waals surface area contributed by atoms with Crippen LogP contribution in [-0.2, 0) is 23.9 Å². The zero-order chi connectivity index (χ0) is 25.9. The van der Waals surface area contributed by atoms with Crippen LogP contribution in [0.4, 0.5) is 0 Å². The topological polar surface area (TPSA) is 81.7 Å². The summed E-state index contributed by atoms with van der Waals surface area (Å²) < 4.78 is 11.4. The van der Waals surface area contributed by atoms with Crippen LogP contribution in [0, 0.1) is 11.8 Å². The standard InChI is InChI=1S/C29H53NO5.CH4/c1-5-7-9-11-12-13-14-15-16-18-24(34-29(33)26(30-22-31)20-23(3)4)21-27-25(28(32)35-27)19-17-10-8-6-2;/h22-27H,5-21H2,1-4H3,(H,30,31);1H4/t24-,25-,26+,27?;/m0./s1. The molecule has 0 bridgehead atoms. The Bertz CT molecular complexity index is 580. The molecule has 1 heterocycles. The molecule has 4 atom stereocenters. The van der Waals surface area contributed by atoms with E-state index in [1.165, 1.54) is 57.8 Å². The molecule has 36 heavy (non-hydrogen) atoms. The number of hydrogen-bond acceptors (Lipinski definition) is 5. The van der Waals surface area contributed by atoms with Gasteiger partial charge in [-0.2, -0.15) is 0 Å². The van der Waals surface area contributed by atoms with Crippen LogP contribution in [0.1, 0.15) is 144 Å². The third-order valence-electron chi connectivity index (χ3n) is 7.06. The molecule has 0 spiro atoms. The van der Waals surface area contributed by atoms with Crippen LogP contribution < -0.4 is 5.32 Å². The summed E-state index contributed by atoms with van der Waals surface area (Å²) in [5.74, 6) is -0.302. The zero-order valence-corrected chi connectivity index (χ0v) is 23.0. The summed E-state index contributed by atoms with van der Waals surface area (Å²) in [4.78, 5) is 36.0. The molecule has 1 aliphatic heterocycles. The quantitative estimate of drug-likeness (QED) is 0.0871. The van der Waals surface area contributed by atoms with Crippen LogP contribution in [-0.4, -0.2) is 36.6 Å². The van der Waals surface area contributed by atoms with Gasteiger partial charge in [0.15, 0.2) is 0 Å². The van der Waals surface area contributed by atoms with E-state index in [2.05, 4.69) is 19.2 Å². The number of ether oxygens (including phenoxy) is 2. The number of esters is 2. The first-order valence-electron chi connectivity index (χ1n) is 14.5. The SMILES string of the molecule is C.CCCCCCCCCCC[C@@H](CC1OC(=O)[C@H]1CCCCCC)OC(=O)[C@@H](CC(C)C)NC=O. The maximum Gasteiger partial charge on any atom is 0.328 e. The molecule has 0 aromatic heterocycles. The molecule has 1 unspecified atom stereocenters. The molecule has 1 aliphatic rings. The van der Waals surface area contributed by atoms with Gasteiger partial charge in [-0.05, 0) is 31.6 Å². The highest BCUT2D eigenvalue weighted by molar-refractivity contribution is 5.79. The highest BCUT2D eigenvalue weighted by atomic mass is 16.6. The van der Waals surface area contributed by atoms with E-state index in [4.69, 9.17) is 9.47 Å². The first-order valence-corrected chi connectivity index (χ1v) is 14.5. The molecule has 6 nitrogen and oxygen atoms in total. The maximum atomic E-state index is 12.9. The number of cyclic esters (lactones) is 1. The van der Waals surface area contributed by atoms with E-state index in [-0.39, 0.29) is 43.4 Å². The largest absolute Gasteiger partial charge is 0.461 e. The van der Waals surface area contributed by atoms with Crippen molar-refractivity contribution in [2.45, 2.75) is 163 Å². The Labute approximate surface area is 222 Å². The van der Waals surface area contributed by atoms with Crippen LogP contribution in [0.25, 0.3) is 0 Å². The summed E-state index contributed by atoms with van der Waals surface area (Å²) in [6, 6.07) is -0.632. The molecule has 0 radical (unpaired) electrons. The minimum absolute atomic E-state index is 0. The summed E-state index contributed by atoms with van der Waals surface area (Å²) >= 11 is 0. The molecule has 1 rings (SSSR count). The first-order chi connectivity index (χ1) is 16.9. The Morgan fingerprint density at radius 3 is 2.03 bits per heavy atom. The molecule has 1 saturated heterocycles. The average molecular weight is 512 g/mol. The van der Waals surface area contributed by atoms with Gasteiger partial charge in [-0.15, -0.1) is 0 Å². The van der Waals surface area contributed by atoms with Crippen LogP contribution in [0.15, 0.2) is 0 Å². The highest BCUT2D eigenvalue weighted by Crippen LogP contribution is 2.32. The first kappa shape index (κ1) is 34.4. The Balaban J connectivity index is 0.0000122. The van der Waals surface area contributed by atoms with Gasteiger partial charge < -0.3 is 14.8 Å². The molecule has 0 saturated carbocycles. The molecule has 0 aromatic carbocycles. The van der Waals surface area contributed by atoms with Crippen molar-refractivity contribution in [2.75, 3.05) is 0 Å². The second-order valence-electron chi connectivity index (χ2n) is 10.8. The van der Waals surface area contributed by atoms with Gasteiger partial charge in [0.05, 0.1) is 5.92 Å². The zero-order valence-electron chi connectivity index (χ0n) is 23.0. The minimum atomic E-state index is -0.632. The fraction of sp³-hybridized carbons (Fsp3) is 0.900.